The number of benzene rings is 1. The summed E-state index contributed by atoms with van der Waals surface area (Å²) in [5.74, 6) is 0. The van der Waals surface area contributed by atoms with Gasteiger partial charge in [-0.3, -0.25) is 0 Å². The Hall–Kier alpha value is -0.900. The first-order valence-electron chi connectivity index (χ1n) is 8.31. The van der Waals surface area contributed by atoms with Gasteiger partial charge in [-0.2, -0.15) is 0 Å². The van der Waals surface area contributed by atoms with Crippen LogP contribution < -0.4 is 0 Å². The van der Waals surface area contributed by atoms with Gasteiger partial charge in [0.25, 0.3) is 0 Å². The van der Waals surface area contributed by atoms with E-state index in [1.54, 1.807) is 0 Å². The zero-order valence-electron chi connectivity index (χ0n) is 13.1. The van der Waals surface area contributed by atoms with Crippen molar-refractivity contribution in [1.82, 2.24) is 4.90 Å². The van der Waals surface area contributed by atoms with Gasteiger partial charge in [0.15, 0.2) is 0 Å². The van der Waals surface area contributed by atoms with Crippen molar-refractivity contribution < 1.29 is 9.47 Å². The number of rotatable bonds is 5. The maximum absolute atomic E-state index is 6.16. The molecule has 0 radical (unpaired) electrons. The molecule has 2 aliphatic heterocycles. The Bertz CT molecular complexity index is 436. The first-order chi connectivity index (χ1) is 10.3. The van der Waals surface area contributed by atoms with E-state index < -0.39 is 0 Å². The van der Waals surface area contributed by atoms with Crippen molar-refractivity contribution in [2.24, 2.45) is 0 Å². The number of piperidine rings is 1. The largest absolute Gasteiger partial charge is 0.376 e. The topological polar surface area (TPSA) is 21.7 Å². The first kappa shape index (κ1) is 15.0. The molecule has 0 amide bonds. The zero-order chi connectivity index (χ0) is 14.5. The number of nitrogens with zero attached hydrogens (tertiary/aromatic N) is 1. The highest BCUT2D eigenvalue weighted by Crippen LogP contribution is 2.35. The summed E-state index contributed by atoms with van der Waals surface area (Å²) in [6, 6.07) is 10.8. The minimum Gasteiger partial charge on any atom is -0.376 e. The molecule has 1 spiro atoms. The minimum absolute atomic E-state index is 0.0643. The van der Waals surface area contributed by atoms with Gasteiger partial charge < -0.3 is 14.4 Å². The molecule has 3 rings (SSSR count). The third-order valence-electron chi connectivity index (χ3n) is 4.76. The van der Waals surface area contributed by atoms with Crippen molar-refractivity contribution in [3.63, 3.8) is 0 Å². The molecule has 2 atom stereocenters. The van der Waals surface area contributed by atoms with E-state index >= 15 is 0 Å². The monoisotopic (exact) mass is 289 g/mol. The second-order valence-electron chi connectivity index (χ2n) is 6.39. The molecule has 21 heavy (non-hydrogen) atoms. The van der Waals surface area contributed by atoms with Gasteiger partial charge in [0.2, 0.25) is 0 Å². The normalized spacial score (nSPS) is 30.0. The highest BCUT2D eigenvalue weighted by molar-refractivity contribution is 5.15. The van der Waals surface area contributed by atoms with Gasteiger partial charge in [0, 0.05) is 26.1 Å². The third-order valence-corrected chi connectivity index (χ3v) is 4.76. The molecule has 0 bridgehead atoms. The summed E-state index contributed by atoms with van der Waals surface area (Å²) in [6.07, 6.45) is 4.95. The van der Waals surface area contributed by atoms with Crippen LogP contribution in [-0.4, -0.2) is 49.5 Å². The Morgan fingerprint density at radius 2 is 2.19 bits per heavy atom. The SMILES string of the molecule is CCO[C@@H]1CO[C@@]2(CCCN(CCc3ccccc3)C2)C1. The summed E-state index contributed by atoms with van der Waals surface area (Å²) in [7, 11) is 0. The van der Waals surface area contributed by atoms with Gasteiger partial charge in [0.05, 0.1) is 18.3 Å². The Morgan fingerprint density at radius 3 is 3.00 bits per heavy atom. The van der Waals surface area contributed by atoms with Crippen LogP contribution in [0.5, 0.6) is 0 Å². The van der Waals surface area contributed by atoms with Gasteiger partial charge in [0.1, 0.15) is 0 Å². The Kier molecular flexibility index (Phi) is 4.94. The average molecular weight is 289 g/mol. The van der Waals surface area contributed by atoms with Crippen molar-refractivity contribution in [1.29, 1.82) is 0 Å². The van der Waals surface area contributed by atoms with E-state index in [0.29, 0.717) is 6.10 Å². The second-order valence-corrected chi connectivity index (χ2v) is 6.39. The highest BCUT2D eigenvalue weighted by atomic mass is 16.6. The Balaban J connectivity index is 1.52. The van der Waals surface area contributed by atoms with E-state index in [2.05, 4.69) is 42.2 Å². The lowest BCUT2D eigenvalue weighted by Gasteiger charge is -2.39. The zero-order valence-corrected chi connectivity index (χ0v) is 13.1. The van der Waals surface area contributed by atoms with Crippen LogP contribution in [0.3, 0.4) is 0 Å². The molecular weight excluding hydrogens is 262 g/mol. The summed E-state index contributed by atoms with van der Waals surface area (Å²) in [5.41, 5.74) is 1.49. The Morgan fingerprint density at radius 1 is 1.33 bits per heavy atom. The average Bonchev–Trinajstić information content (AvgIpc) is 2.89. The van der Waals surface area contributed by atoms with Crippen molar-refractivity contribution in [3.8, 4) is 0 Å². The van der Waals surface area contributed by atoms with Gasteiger partial charge >= 0.3 is 0 Å². The molecule has 2 heterocycles. The fourth-order valence-corrected chi connectivity index (χ4v) is 3.74. The van der Waals surface area contributed by atoms with E-state index in [0.717, 1.165) is 39.1 Å². The smallest absolute Gasteiger partial charge is 0.0836 e. The predicted octanol–water partition coefficient (Wildman–Crippen LogP) is 2.89. The standard InChI is InChI=1S/C18H27NO2/c1-2-20-17-13-18(21-14-17)10-6-11-19(15-18)12-9-16-7-4-3-5-8-16/h3-5,7-8,17H,2,6,9-15H2,1H3/t17-,18-/m0/s1. The van der Waals surface area contributed by atoms with Gasteiger partial charge in [-0.05, 0) is 38.3 Å². The first-order valence-corrected chi connectivity index (χ1v) is 8.31. The molecule has 3 nitrogen and oxygen atoms in total. The quantitative estimate of drug-likeness (QED) is 0.832. The lowest BCUT2D eigenvalue weighted by molar-refractivity contribution is -0.0522. The molecule has 2 saturated heterocycles. The summed E-state index contributed by atoms with van der Waals surface area (Å²) >= 11 is 0. The minimum atomic E-state index is 0.0643. The fourth-order valence-electron chi connectivity index (χ4n) is 3.74. The summed E-state index contributed by atoms with van der Waals surface area (Å²) in [6.45, 7) is 7.05. The van der Waals surface area contributed by atoms with Gasteiger partial charge in [-0.1, -0.05) is 30.3 Å². The molecule has 1 aromatic carbocycles. The number of hydrogen-bond acceptors (Lipinski definition) is 3. The highest BCUT2D eigenvalue weighted by Gasteiger charge is 2.43. The predicted molar refractivity (Wildman–Crippen MR) is 84.5 cm³/mol. The molecule has 0 N–H and O–H groups in total. The van der Waals surface area contributed by atoms with Gasteiger partial charge in [-0.15, -0.1) is 0 Å². The fraction of sp³-hybridized carbons (Fsp3) is 0.667. The van der Waals surface area contributed by atoms with E-state index in [-0.39, 0.29) is 5.60 Å². The molecule has 116 valence electrons. The van der Waals surface area contributed by atoms with E-state index in [4.69, 9.17) is 9.47 Å². The van der Waals surface area contributed by atoms with Crippen LogP contribution >= 0.6 is 0 Å². The van der Waals surface area contributed by atoms with Gasteiger partial charge in [-0.25, -0.2) is 0 Å². The second kappa shape index (κ2) is 6.91. The number of likely N-dealkylation sites (tertiary alicyclic amines) is 1. The summed E-state index contributed by atoms with van der Waals surface area (Å²) < 4.78 is 11.9. The molecule has 3 heteroatoms. The maximum atomic E-state index is 6.16. The maximum Gasteiger partial charge on any atom is 0.0836 e. The van der Waals surface area contributed by atoms with Crippen LogP contribution in [0.1, 0.15) is 31.7 Å². The van der Waals surface area contributed by atoms with Crippen LogP contribution in [0.4, 0.5) is 0 Å². The van der Waals surface area contributed by atoms with E-state index in [9.17, 15) is 0 Å². The molecular formula is C18H27NO2. The van der Waals surface area contributed by atoms with Crippen molar-refractivity contribution >= 4 is 0 Å². The molecule has 0 aliphatic carbocycles. The molecule has 0 saturated carbocycles. The lowest BCUT2D eigenvalue weighted by Crippen LogP contribution is -2.48. The number of ether oxygens (including phenoxy) is 2. The molecule has 2 aliphatic rings. The molecule has 1 aromatic rings. The van der Waals surface area contributed by atoms with Crippen LogP contribution in [0.2, 0.25) is 0 Å². The van der Waals surface area contributed by atoms with Crippen LogP contribution in [0.15, 0.2) is 30.3 Å². The lowest BCUT2D eigenvalue weighted by atomic mass is 9.89. The van der Waals surface area contributed by atoms with Crippen molar-refractivity contribution in [2.75, 3.05) is 32.8 Å². The molecule has 0 unspecified atom stereocenters. The van der Waals surface area contributed by atoms with Crippen LogP contribution in [0, 0.1) is 0 Å². The summed E-state index contributed by atoms with van der Waals surface area (Å²) in [5, 5.41) is 0. The van der Waals surface area contributed by atoms with Crippen molar-refractivity contribution in [3.05, 3.63) is 35.9 Å². The van der Waals surface area contributed by atoms with E-state index in [1.165, 1.54) is 24.9 Å². The van der Waals surface area contributed by atoms with E-state index in [1.807, 2.05) is 0 Å². The third kappa shape index (κ3) is 3.85. The summed E-state index contributed by atoms with van der Waals surface area (Å²) in [4.78, 5) is 2.57. The number of hydrogen-bond donors (Lipinski definition) is 0. The Labute approximate surface area is 128 Å². The van der Waals surface area contributed by atoms with Crippen LogP contribution in [-0.2, 0) is 15.9 Å². The van der Waals surface area contributed by atoms with Crippen molar-refractivity contribution in [2.45, 2.75) is 44.3 Å². The molecule has 0 aromatic heterocycles. The molecule has 2 fully saturated rings. The van der Waals surface area contributed by atoms with Crippen LogP contribution in [0.25, 0.3) is 0 Å².